The van der Waals surface area contributed by atoms with Crippen LogP contribution in [0.25, 0.3) is 0 Å². The molecule has 0 spiro atoms. The molecule has 0 unspecified atom stereocenters. The van der Waals surface area contributed by atoms with Gasteiger partial charge in [0.15, 0.2) is 0 Å². The van der Waals surface area contributed by atoms with Crippen molar-refractivity contribution in [3.8, 4) is 0 Å². The Morgan fingerprint density at radius 2 is 1.83 bits per heavy atom. The second-order valence-electron chi connectivity index (χ2n) is 7.60. The number of benzene rings is 2. The molecule has 1 fully saturated rings. The molecule has 2 amide bonds. The Hall–Kier alpha value is -2.66. The highest BCUT2D eigenvalue weighted by Crippen LogP contribution is 2.39. The lowest BCUT2D eigenvalue weighted by Crippen LogP contribution is -2.49. The van der Waals surface area contributed by atoms with Gasteiger partial charge in [-0.3, -0.25) is 9.59 Å². The molecule has 0 bridgehead atoms. The van der Waals surface area contributed by atoms with Crippen molar-refractivity contribution in [1.82, 2.24) is 9.80 Å². The molecule has 1 aliphatic rings. The Balaban J connectivity index is 1.94. The highest BCUT2D eigenvalue weighted by molar-refractivity contribution is 5.85. The quantitative estimate of drug-likeness (QED) is 0.784. The first-order valence-corrected chi connectivity index (χ1v) is 10.3. The molecule has 1 saturated heterocycles. The standard InChI is InChI=1S/C24H30N2O3/c1-3-26-22(28)14-13-21(23(26)20-12-8-7-9-18(20)2)24(29)25(15-16-27)17-19-10-5-4-6-11-19/h4-12,21,23,27H,3,13-17H2,1-2H3/t21-,23+/m1/s1. The molecule has 2 aromatic rings. The molecule has 1 aliphatic heterocycles. The van der Waals surface area contributed by atoms with Gasteiger partial charge >= 0.3 is 0 Å². The predicted octanol–water partition coefficient (Wildman–Crippen LogP) is 3.32. The maximum Gasteiger partial charge on any atom is 0.228 e. The first kappa shape index (κ1) is 21.1. The molecule has 0 saturated carbocycles. The van der Waals surface area contributed by atoms with E-state index in [0.29, 0.717) is 25.9 Å². The van der Waals surface area contributed by atoms with Crippen molar-refractivity contribution >= 4 is 11.8 Å². The lowest BCUT2D eigenvalue weighted by atomic mass is 9.81. The molecule has 1 heterocycles. The number of aliphatic hydroxyl groups is 1. The van der Waals surface area contributed by atoms with E-state index in [1.54, 1.807) is 4.90 Å². The van der Waals surface area contributed by atoms with Gasteiger partial charge in [-0.1, -0.05) is 54.6 Å². The fraction of sp³-hybridized carbons (Fsp3) is 0.417. The van der Waals surface area contributed by atoms with Crippen LogP contribution in [0.3, 0.4) is 0 Å². The van der Waals surface area contributed by atoms with Gasteiger partial charge in [0, 0.05) is 26.1 Å². The first-order chi connectivity index (χ1) is 14.1. The molecule has 0 aliphatic carbocycles. The Kier molecular flexibility index (Phi) is 7.04. The van der Waals surface area contributed by atoms with E-state index in [1.807, 2.05) is 73.3 Å². The summed E-state index contributed by atoms with van der Waals surface area (Å²) in [7, 11) is 0. The van der Waals surface area contributed by atoms with Crippen molar-refractivity contribution in [3.05, 3.63) is 71.3 Å². The number of carbonyl (C=O) groups excluding carboxylic acids is 2. The molecule has 5 nitrogen and oxygen atoms in total. The number of hydrogen-bond acceptors (Lipinski definition) is 3. The molecule has 154 valence electrons. The molecule has 2 aromatic carbocycles. The van der Waals surface area contributed by atoms with E-state index in [-0.39, 0.29) is 36.9 Å². The van der Waals surface area contributed by atoms with Gasteiger partial charge in [-0.15, -0.1) is 0 Å². The van der Waals surface area contributed by atoms with Crippen LogP contribution in [0.2, 0.25) is 0 Å². The van der Waals surface area contributed by atoms with Crippen LogP contribution < -0.4 is 0 Å². The van der Waals surface area contributed by atoms with Gasteiger partial charge in [0.2, 0.25) is 11.8 Å². The first-order valence-electron chi connectivity index (χ1n) is 10.3. The van der Waals surface area contributed by atoms with Crippen LogP contribution in [0, 0.1) is 12.8 Å². The van der Waals surface area contributed by atoms with Gasteiger partial charge in [-0.2, -0.15) is 0 Å². The van der Waals surface area contributed by atoms with E-state index in [1.165, 1.54) is 0 Å². The average Bonchev–Trinajstić information content (AvgIpc) is 2.74. The molecule has 29 heavy (non-hydrogen) atoms. The predicted molar refractivity (Wildman–Crippen MR) is 113 cm³/mol. The van der Waals surface area contributed by atoms with Crippen LogP contribution >= 0.6 is 0 Å². The monoisotopic (exact) mass is 394 g/mol. The zero-order chi connectivity index (χ0) is 20.8. The van der Waals surface area contributed by atoms with Crippen molar-refractivity contribution in [2.24, 2.45) is 5.92 Å². The number of rotatable bonds is 7. The van der Waals surface area contributed by atoms with Crippen LogP contribution in [0.4, 0.5) is 0 Å². The number of carbonyl (C=O) groups is 2. The van der Waals surface area contributed by atoms with E-state index in [2.05, 4.69) is 0 Å². The molecular weight excluding hydrogens is 364 g/mol. The van der Waals surface area contributed by atoms with Crippen molar-refractivity contribution in [1.29, 1.82) is 0 Å². The number of piperidine rings is 1. The summed E-state index contributed by atoms with van der Waals surface area (Å²) in [5.41, 5.74) is 3.14. The summed E-state index contributed by atoms with van der Waals surface area (Å²) in [6, 6.07) is 17.5. The number of aryl methyl sites for hydroxylation is 1. The Morgan fingerprint density at radius 1 is 1.14 bits per heavy atom. The lowest BCUT2D eigenvalue weighted by Gasteiger charge is -2.42. The summed E-state index contributed by atoms with van der Waals surface area (Å²) in [4.78, 5) is 29.8. The highest BCUT2D eigenvalue weighted by atomic mass is 16.3. The van der Waals surface area contributed by atoms with Crippen molar-refractivity contribution in [2.75, 3.05) is 19.7 Å². The number of likely N-dealkylation sites (tertiary alicyclic amines) is 1. The second kappa shape index (κ2) is 9.70. The van der Waals surface area contributed by atoms with Crippen molar-refractivity contribution in [3.63, 3.8) is 0 Å². The largest absolute Gasteiger partial charge is 0.395 e. The molecule has 2 atom stereocenters. The van der Waals surface area contributed by atoms with Gasteiger partial charge in [-0.25, -0.2) is 0 Å². The Morgan fingerprint density at radius 3 is 2.48 bits per heavy atom. The number of hydrogen-bond donors (Lipinski definition) is 1. The topological polar surface area (TPSA) is 60.9 Å². The maximum atomic E-state index is 13.6. The second-order valence-corrected chi connectivity index (χ2v) is 7.60. The van der Waals surface area contributed by atoms with Crippen LogP contribution in [-0.4, -0.2) is 46.4 Å². The molecular formula is C24H30N2O3. The zero-order valence-electron chi connectivity index (χ0n) is 17.3. The summed E-state index contributed by atoms with van der Waals surface area (Å²) in [5.74, 6) is -0.215. The molecule has 3 rings (SSSR count). The molecule has 5 heteroatoms. The fourth-order valence-corrected chi connectivity index (χ4v) is 4.31. The minimum atomic E-state index is -0.316. The third-order valence-corrected chi connectivity index (χ3v) is 5.77. The third kappa shape index (κ3) is 4.67. The van der Waals surface area contributed by atoms with Gasteiger partial charge in [0.25, 0.3) is 0 Å². The smallest absolute Gasteiger partial charge is 0.228 e. The summed E-state index contributed by atoms with van der Waals surface area (Å²) >= 11 is 0. The zero-order valence-corrected chi connectivity index (χ0v) is 17.3. The van der Waals surface area contributed by atoms with E-state index in [0.717, 1.165) is 16.7 Å². The van der Waals surface area contributed by atoms with Crippen molar-refractivity contribution < 1.29 is 14.7 Å². The van der Waals surface area contributed by atoms with Crippen LogP contribution in [-0.2, 0) is 16.1 Å². The minimum absolute atomic E-state index is 0.00195. The van der Waals surface area contributed by atoms with Crippen LogP contribution in [0.1, 0.15) is 42.5 Å². The van der Waals surface area contributed by atoms with Gasteiger partial charge in [0.05, 0.1) is 18.6 Å². The fourth-order valence-electron chi connectivity index (χ4n) is 4.31. The van der Waals surface area contributed by atoms with Crippen molar-refractivity contribution in [2.45, 2.75) is 39.3 Å². The molecule has 1 N–H and O–H groups in total. The van der Waals surface area contributed by atoms with Gasteiger partial charge in [-0.05, 0) is 37.0 Å². The number of amides is 2. The van der Waals surface area contributed by atoms with Gasteiger partial charge < -0.3 is 14.9 Å². The summed E-state index contributed by atoms with van der Waals surface area (Å²) < 4.78 is 0. The maximum absolute atomic E-state index is 13.6. The number of aliphatic hydroxyl groups excluding tert-OH is 1. The van der Waals surface area contributed by atoms with Crippen LogP contribution in [0.15, 0.2) is 54.6 Å². The highest BCUT2D eigenvalue weighted by Gasteiger charge is 2.41. The summed E-state index contributed by atoms with van der Waals surface area (Å²) in [6.07, 6.45) is 0.912. The third-order valence-electron chi connectivity index (χ3n) is 5.77. The van der Waals surface area contributed by atoms with E-state index in [4.69, 9.17) is 0 Å². The average molecular weight is 395 g/mol. The van der Waals surface area contributed by atoms with E-state index in [9.17, 15) is 14.7 Å². The normalized spacial score (nSPS) is 19.3. The minimum Gasteiger partial charge on any atom is -0.395 e. The van der Waals surface area contributed by atoms with Crippen LogP contribution in [0.5, 0.6) is 0 Å². The molecule has 0 aromatic heterocycles. The van der Waals surface area contributed by atoms with Gasteiger partial charge in [0.1, 0.15) is 0 Å². The molecule has 0 radical (unpaired) electrons. The Bertz CT molecular complexity index is 837. The summed E-state index contributed by atoms with van der Waals surface area (Å²) in [5, 5.41) is 9.57. The number of nitrogens with zero attached hydrogens (tertiary/aromatic N) is 2. The SMILES string of the molecule is CCN1C(=O)CC[C@@H](C(=O)N(CCO)Cc2ccccc2)[C@@H]1c1ccccc1C. The van der Waals surface area contributed by atoms with E-state index < -0.39 is 0 Å². The lowest BCUT2D eigenvalue weighted by molar-refractivity contribution is -0.148. The Labute approximate surface area is 172 Å². The van der Waals surface area contributed by atoms with E-state index >= 15 is 0 Å². The summed E-state index contributed by atoms with van der Waals surface area (Å²) in [6.45, 7) is 5.21.